The zero-order valence-electron chi connectivity index (χ0n) is 14.5. The van der Waals surface area contributed by atoms with Gasteiger partial charge in [-0.2, -0.15) is 0 Å². The number of nitrogens with one attached hydrogen (secondary N) is 1. The van der Waals surface area contributed by atoms with Crippen LogP contribution >= 0.6 is 0 Å². The van der Waals surface area contributed by atoms with Gasteiger partial charge in [-0.15, -0.1) is 0 Å². The maximum Gasteiger partial charge on any atom is 0.226 e. The molecule has 4 nitrogen and oxygen atoms in total. The molecule has 1 N–H and O–H groups in total. The zero-order chi connectivity index (χ0) is 18.1. The lowest BCUT2D eigenvalue weighted by atomic mass is 10.1. The Balaban J connectivity index is 1.91. The van der Waals surface area contributed by atoms with Crippen LogP contribution in [-0.4, -0.2) is 35.6 Å². The number of hydrogen-bond acceptors (Lipinski definition) is 4. The van der Waals surface area contributed by atoms with Crippen LogP contribution < -0.4 is 10.2 Å². The first-order valence-corrected chi connectivity index (χ1v) is 8.87. The molecule has 0 aliphatic carbocycles. The highest BCUT2D eigenvalue weighted by Gasteiger charge is 2.24. The highest BCUT2D eigenvalue weighted by Crippen LogP contribution is 2.31. The molecule has 4 rings (SSSR count). The summed E-state index contributed by atoms with van der Waals surface area (Å²) in [5, 5.41) is 4.14. The van der Waals surface area contributed by atoms with E-state index >= 15 is 0 Å². The summed E-state index contributed by atoms with van der Waals surface area (Å²) < 4.78 is 27.8. The number of halogens is 2. The van der Waals surface area contributed by atoms with E-state index in [1.165, 1.54) is 12.1 Å². The average molecular weight is 354 g/mol. The van der Waals surface area contributed by atoms with Crippen LogP contribution in [0.3, 0.4) is 0 Å². The molecule has 6 heteroatoms. The highest BCUT2D eigenvalue weighted by molar-refractivity contribution is 5.93. The van der Waals surface area contributed by atoms with Crippen LogP contribution in [-0.2, 0) is 0 Å². The summed E-state index contributed by atoms with van der Waals surface area (Å²) in [6.07, 6.45) is 0.962. The fraction of sp³-hybridized carbons (Fsp3) is 0.300. The Kier molecular flexibility index (Phi) is 4.51. The molecule has 1 aliphatic heterocycles. The smallest absolute Gasteiger partial charge is 0.226 e. The lowest BCUT2D eigenvalue weighted by molar-refractivity contribution is 0.460. The van der Waals surface area contributed by atoms with Crippen LogP contribution in [0.25, 0.3) is 22.2 Å². The normalized spacial score (nSPS) is 17.7. The Hall–Kier alpha value is -2.60. The number of rotatable bonds is 3. The van der Waals surface area contributed by atoms with E-state index in [4.69, 9.17) is 9.97 Å². The second-order valence-electron chi connectivity index (χ2n) is 6.47. The molecular weight excluding hydrogens is 334 g/mol. The van der Waals surface area contributed by atoms with Gasteiger partial charge in [0.15, 0.2) is 0 Å². The third kappa shape index (κ3) is 3.01. The third-order valence-corrected chi connectivity index (χ3v) is 4.86. The zero-order valence-corrected chi connectivity index (χ0v) is 14.5. The van der Waals surface area contributed by atoms with Gasteiger partial charge in [0.1, 0.15) is 11.6 Å². The molecule has 2 heterocycles. The molecule has 134 valence electrons. The van der Waals surface area contributed by atoms with Crippen molar-refractivity contribution in [1.82, 2.24) is 15.3 Å². The standard InChI is InChI=1S/C20H20F2N4/c1-2-14-12-23-9-10-26(14)20-24-18-6-4-3-5-16(18)19(25-20)15-8-7-13(21)11-17(15)22/h3-8,11,14,23H,2,9-10,12H2,1H3/t14-/m0/s1. The Labute approximate surface area is 150 Å². The van der Waals surface area contributed by atoms with E-state index in [2.05, 4.69) is 17.1 Å². The average Bonchev–Trinajstić information content (AvgIpc) is 2.67. The molecule has 1 aromatic heterocycles. The van der Waals surface area contributed by atoms with Crippen molar-refractivity contribution in [1.29, 1.82) is 0 Å². The molecule has 26 heavy (non-hydrogen) atoms. The van der Waals surface area contributed by atoms with Gasteiger partial charge >= 0.3 is 0 Å². The molecule has 0 amide bonds. The molecule has 1 atom stereocenters. The fourth-order valence-corrected chi connectivity index (χ4v) is 3.47. The summed E-state index contributed by atoms with van der Waals surface area (Å²) in [6.45, 7) is 4.65. The molecule has 3 aromatic rings. The summed E-state index contributed by atoms with van der Waals surface area (Å²) in [7, 11) is 0. The number of hydrogen-bond donors (Lipinski definition) is 1. The summed E-state index contributed by atoms with van der Waals surface area (Å²) >= 11 is 0. The molecule has 0 unspecified atom stereocenters. The summed E-state index contributed by atoms with van der Waals surface area (Å²) in [4.78, 5) is 11.6. The van der Waals surface area contributed by atoms with Crippen molar-refractivity contribution in [2.45, 2.75) is 19.4 Å². The van der Waals surface area contributed by atoms with Gasteiger partial charge in [-0.3, -0.25) is 0 Å². The molecule has 0 bridgehead atoms. The molecule has 0 spiro atoms. The van der Waals surface area contributed by atoms with E-state index in [9.17, 15) is 8.78 Å². The van der Waals surface area contributed by atoms with Crippen LogP contribution in [0, 0.1) is 11.6 Å². The molecule has 1 saturated heterocycles. The number of anilines is 1. The Bertz CT molecular complexity index is 944. The first kappa shape index (κ1) is 16.8. The van der Waals surface area contributed by atoms with Crippen molar-refractivity contribution in [3.8, 4) is 11.3 Å². The Morgan fingerprint density at radius 1 is 1.15 bits per heavy atom. The van der Waals surface area contributed by atoms with Gasteiger partial charge in [0.05, 0.1) is 11.2 Å². The van der Waals surface area contributed by atoms with Crippen molar-refractivity contribution in [3.63, 3.8) is 0 Å². The van der Waals surface area contributed by atoms with Crippen molar-refractivity contribution in [2.75, 3.05) is 24.5 Å². The van der Waals surface area contributed by atoms with Gasteiger partial charge in [0, 0.05) is 42.7 Å². The number of fused-ring (bicyclic) bond motifs is 1. The van der Waals surface area contributed by atoms with E-state index in [1.807, 2.05) is 24.3 Å². The van der Waals surface area contributed by atoms with Crippen LogP contribution in [0.2, 0.25) is 0 Å². The van der Waals surface area contributed by atoms with Gasteiger partial charge in [-0.1, -0.05) is 25.1 Å². The van der Waals surface area contributed by atoms with E-state index in [-0.39, 0.29) is 11.6 Å². The van der Waals surface area contributed by atoms with E-state index < -0.39 is 11.6 Å². The van der Waals surface area contributed by atoms with Gasteiger partial charge < -0.3 is 10.2 Å². The minimum Gasteiger partial charge on any atom is -0.335 e. The Morgan fingerprint density at radius 2 is 2.00 bits per heavy atom. The third-order valence-electron chi connectivity index (χ3n) is 4.86. The van der Waals surface area contributed by atoms with Crippen LogP contribution in [0.4, 0.5) is 14.7 Å². The SMILES string of the molecule is CC[C@H]1CNCCN1c1nc(-c2ccc(F)cc2F)c2ccccc2n1. The van der Waals surface area contributed by atoms with Crippen LogP contribution in [0.5, 0.6) is 0 Å². The first-order valence-electron chi connectivity index (χ1n) is 8.87. The topological polar surface area (TPSA) is 41.0 Å². The van der Waals surface area contributed by atoms with Crippen molar-refractivity contribution >= 4 is 16.9 Å². The van der Waals surface area contributed by atoms with E-state index in [0.717, 1.165) is 43.0 Å². The summed E-state index contributed by atoms with van der Waals surface area (Å²) in [5.41, 5.74) is 1.54. The lowest BCUT2D eigenvalue weighted by Gasteiger charge is -2.36. The van der Waals surface area contributed by atoms with Gasteiger partial charge in [0.2, 0.25) is 5.95 Å². The van der Waals surface area contributed by atoms with Gasteiger partial charge in [-0.25, -0.2) is 18.7 Å². The molecular formula is C20H20F2N4. The maximum absolute atomic E-state index is 14.5. The summed E-state index contributed by atoms with van der Waals surface area (Å²) in [6, 6.07) is 11.4. The molecule has 2 aromatic carbocycles. The lowest BCUT2D eigenvalue weighted by Crippen LogP contribution is -2.51. The van der Waals surface area contributed by atoms with E-state index in [0.29, 0.717) is 11.6 Å². The monoisotopic (exact) mass is 354 g/mol. The summed E-state index contributed by atoms with van der Waals surface area (Å²) in [5.74, 6) is -0.624. The minimum atomic E-state index is -0.618. The van der Waals surface area contributed by atoms with Crippen LogP contribution in [0.15, 0.2) is 42.5 Å². The predicted molar refractivity (Wildman–Crippen MR) is 99.2 cm³/mol. The second kappa shape index (κ2) is 6.96. The van der Waals surface area contributed by atoms with Crippen molar-refractivity contribution < 1.29 is 8.78 Å². The highest BCUT2D eigenvalue weighted by atomic mass is 19.1. The van der Waals surface area contributed by atoms with Gasteiger partial charge in [0.25, 0.3) is 0 Å². The fourth-order valence-electron chi connectivity index (χ4n) is 3.47. The van der Waals surface area contributed by atoms with Crippen molar-refractivity contribution in [2.24, 2.45) is 0 Å². The molecule has 0 saturated carbocycles. The Morgan fingerprint density at radius 3 is 2.81 bits per heavy atom. The second-order valence-corrected chi connectivity index (χ2v) is 6.47. The number of para-hydroxylation sites is 1. The van der Waals surface area contributed by atoms with E-state index in [1.54, 1.807) is 0 Å². The number of piperazine rings is 1. The molecule has 1 fully saturated rings. The number of nitrogens with zero attached hydrogens (tertiary/aromatic N) is 3. The minimum absolute atomic E-state index is 0.287. The van der Waals surface area contributed by atoms with Crippen LogP contribution in [0.1, 0.15) is 13.3 Å². The first-order chi connectivity index (χ1) is 12.7. The van der Waals surface area contributed by atoms with Crippen molar-refractivity contribution in [3.05, 3.63) is 54.1 Å². The maximum atomic E-state index is 14.5. The number of aromatic nitrogens is 2. The largest absolute Gasteiger partial charge is 0.335 e. The predicted octanol–water partition coefficient (Wildman–Crippen LogP) is 3.76. The number of benzene rings is 2. The quantitative estimate of drug-likeness (QED) is 0.777. The molecule has 0 radical (unpaired) electrons. The van der Waals surface area contributed by atoms with Gasteiger partial charge in [-0.05, 0) is 24.6 Å². The molecule has 1 aliphatic rings.